The molecule has 2 heterocycles. The van der Waals surface area contributed by atoms with Crippen LogP contribution >= 0.6 is 0 Å². The van der Waals surface area contributed by atoms with Gasteiger partial charge in [0.15, 0.2) is 0 Å². The molecule has 0 aliphatic carbocycles. The van der Waals surface area contributed by atoms with E-state index < -0.39 is 0 Å². The molecule has 3 heteroatoms. The van der Waals surface area contributed by atoms with Gasteiger partial charge in [-0.1, -0.05) is 34.6 Å². The van der Waals surface area contributed by atoms with Gasteiger partial charge < -0.3 is 4.90 Å². The molecule has 1 aliphatic heterocycles. The predicted molar refractivity (Wildman–Crippen MR) is 75.6 cm³/mol. The first-order valence-electron chi connectivity index (χ1n) is 6.96. The molecule has 98 valence electrons. The van der Waals surface area contributed by atoms with Gasteiger partial charge in [0.1, 0.15) is 0 Å². The van der Waals surface area contributed by atoms with Crippen molar-refractivity contribution in [3.8, 4) is 0 Å². The smallest absolute Gasteiger partial charge is 0.225 e. The maximum atomic E-state index is 4.35. The molecule has 0 unspecified atom stereocenters. The minimum absolute atomic E-state index is 0.898. The second-order valence-corrected chi connectivity index (χ2v) is 3.44. The van der Waals surface area contributed by atoms with Gasteiger partial charge in [-0.05, 0) is 24.8 Å². The van der Waals surface area contributed by atoms with Crippen molar-refractivity contribution in [1.29, 1.82) is 0 Å². The second-order valence-electron chi connectivity index (χ2n) is 3.44. The minimum atomic E-state index is 0.898. The number of nitrogens with zero attached hydrogens (tertiary/aromatic N) is 3. The molecule has 2 rings (SSSR count). The number of hydrogen-bond acceptors (Lipinski definition) is 3. The third-order valence-corrected chi connectivity index (χ3v) is 2.49. The summed E-state index contributed by atoms with van der Waals surface area (Å²) in [5, 5.41) is 0. The van der Waals surface area contributed by atoms with Crippen LogP contribution in [0, 0.1) is 0 Å². The van der Waals surface area contributed by atoms with E-state index >= 15 is 0 Å². The quantitative estimate of drug-likeness (QED) is 0.785. The molecule has 1 aromatic rings. The number of rotatable bonds is 2. The van der Waals surface area contributed by atoms with Gasteiger partial charge in [-0.15, -0.1) is 0 Å². The lowest BCUT2D eigenvalue weighted by Gasteiger charge is -2.14. The zero-order valence-electron chi connectivity index (χ0n) is 12.0. The van der Waals surface area contributed by atoms with E-state index in [-0.39, 0.29) is 0 Å². The highest BCUT2D eigenvalue weighted by atomic mass is 15.3. The van der Waals surface area contributed by atoms with E-state index in [1.165, 1.54) is 18.4 Å². The first kappa shape index (κ1) is 15.9. The van der Waals surface area contributed by atoms with Crippen molar-refractivity contribution in [2.75, 3.05) is 18.0 Å². The monoisotopic (exact) mass is 237 g/mol. The summed E-state index contributed by atoms with van der Waals surface area (Å²) in [6, 6.07) is 0. The molecule has 1 saturated heterocycles. The Hall–Kier alpha value is -1.12. The van der Waals surface area contributed by atoms with Gasteiger partial charge in [0, 0.05) is 25.5 Å². The van der Waals surface area contributed by atoms with Gasteiger partial charge in [-0.25, -0.2) is 9.97 Å². The van der Waals surface area contributed by atoms with E-state index in [0.717, 1.165) is 25.5 Å². The molecule has 17 heavy (non-hydrogen) atoms. The maximum absolute atomic E-state index is 4.35. The van der Waals surface area contributed by atoms with Gasteiger partial charge >= 0.3 is 0 Å². The van der Waals surface area contributed by atoms with Crippen molar-refractivity contribution in [1.82, 2.24) is 9.97 Å². The maximum Gasteiger partial charge on any atom is 0.225 e. The predicted octanol–water partition coefficient (Wildman–Crippen LogP) is 3.69. The Balaban J connectivity index is 0.000000581. The summed E-state index contributed by atoms with van der Waals surface area (Å²) in [7, 11) is 0. The molecule has 0 amide bonds. The molecule has 1 fully saturated rings. The van der Waals surface area contributed by atoms with E-state index in [0.29, 0.717) is 0 Å². The highest BCUT2D eigenvalue weighted by Crippen LogP contribution is 2.14. The summed E-state index contributed by atoms with van der Waals surface area (Å²) >= 11 is 0. The van der Waals surface area contributed by atoms with Crippen LogP contribution in [0.4, 0.5) is 5.95 Å². The Morgan fingerprint density at radius 3 is 1.88 bits per heavy atom. The van der Waals surface area contributed by atoms with E-state index in [1.807, 2.05) is 40.1 Å². The lowest BCUT2D eigenvalue weighted by molar-refractivity contribution is 0.888. The lowest BCUT2D eigenvalue weighted by atomic mass is 10.3. The standard InChI is InChI=1S/C10H15N3.2C2H6/c1-2-9-7-11-10(12-8-9)13-5-3-4-6-13;2*1-2/h7-8H,2-6H2,1H3;2*1-2H3. The molecule has 0 bridgehead atoms. The zero-order chi connectivity index (χ0) is 13.1. The van der Waals surface area contributed by atoms with Crippen molar-refractivity contribution in [3.05, 3.63) is 18.0 Å². The van der Waals surface area contributed by atoms with Crippen LogP contribution in [0.1, 0.15) is 53.0 Å². The Labute approximate surface area is 106 Å². The summed E-state index contributed by atoms with van der Waals surface area (Å²) in [6.45, 7) is 12.4. The van der Waals surface area contributed by atoms with Crippen molar-refractivity contribution < 1.29 is 0 Å². The first-order chi connectivity index (χ1) is 8.40. The van der Waals surface area contributed by atoms with Crippen LogP contribution in [0.15, 0.2) is 12.4 Å². The number of aryl methyl sites for hydroxylation is 1. The summed E-state index contributed by atoms with van der Waals surface area (Å²) < 4.78 is 0. The van der Waals surface area contributed by atoms with Crippen LogP contribution in [0.3, 0.4) is 0 Å². The largest absolute Gasteiger partial charge is 0.341 e. The molecule has 1 aromatic heterocycles. The van der Waals surface area contributed by atoms with Gasteiger partial charge in [-0.3, -0.25) is 0 Å². The van der Waals surface area contributed by atoms with Gasteiger partial charge in [-0.2, -0.15) is 0 Å². The number of aromatic nitrogens is 2. The van der Waals surface area contributed by atoms with E-state index in [4.69, 9.17) is 0 Å². The van der Waals surface area contributed by atoms with Crippen LogP contribution in [0.25, 0.3) is 0 Å². The molecule has 0 atom stereocenters. The molecular weight excluding hydrogens is 210 g/mol. The summed E-state index contributed by atoms with van der Waals surface area (Å²) in [4.78, 5) is 10.9. The fourth-order valence-corrected chi connectivity index (χ4v) is 1.61. The number of hydrogen-bond donors (Lipinski definition) is 0. The Morgan fingerprint density at radius 1 is 1.00 bits per heavy atom. The van der Waals surface area contributed by atoms with Crippen LogP contribution in [-0.4, -0.2) is 23.1 Å². The average molecular weight is 237 g/mol. The fourth-order valence-electron chi connectivity index (χ4n) is 1.61. The van der Waals surface area contributed by atoms with Crippen molar-refractivity contribution in [3.63, 3.8) is 0 Å². The van der Waals surface area contributed by atoms with Gasteiger partial charge in [0.25, 0.3) is 0 Å². The number of anilines is 1. The summed E-state index contributed by atoms with van der Waals surface area (Å²) in [5.74, 6) is 0.898. The Kier molecular flexibility index (Phi) is 9.40. The van der Waals surface area contributed by atoms with E-state index in [9.17, 15) is 0 Å². The molecule has 0 spiro atoms. The van der Waals surface area contributed by atoms with Crippen molar-refractivity contribution >= 4 is 5.95 Å². The second kappa shape index (κ2) is 10.1. The molecule has 0 radical (unpaired) electrons. The van der Waals surface area contributed by atoms with Crippen molar-refractivity contribution in [2.45, 2.75) is 53.9 Å². The Bertz CT molecular complexity index is 263. The normalized spacial score (nSPS) is 13.4. The molecule has 0 saturated carbocycles. The lowest BCUT2D eigenvalue weighted by Crippen LogP contribution is -2.20. The first-order valence-corrected chi connectivity index (χ1v) is 6.96. The molecule has 0 aromatic carbocycles. The van der Waals surface area contributed by atoms with Gasteiger partial charge in [0.05, 0.1) is 0 Å². The fraction of sp³-hybridized carbons (Fsp3) is 0.714. The van der Waals surface area contributed by atoms with Crippen LogP contribution in [0.2, 0.25) is 0 Å². The highest BCUT2D eigenvalue weighted by Gasteiger charge is 2.13. The highest BCUT2D eigenvalue weighted by molar-refractivity contribution is 5.30. The van der Waals surface area contributed by atoms with Crippen LogP contribution < -0.4 is 4.90 Å². The van der Waals surface area contributed by atoms with E-state index in [2.05, 4.69) is 21.8 Å². The SMILES string of the molecule is CC.CC.CCc1cnc(N2CCCC2)nc1. The minimum Gasteiger partial charge on any atom is -0.341 e. The Morgan fingerprint density at radius 2 is 1.47 bits per heavy atom. The molecular formula is C14H27N3. The molecule has 1 aliphatic rings. The van der Waals surface area contributed by atoms with Crippen LogP contribution in [-0.2, 0) is 6.42 Å². The third-order valence-electron chi connectivity index (χ3n) is 2.49. The average Bonchev–Trinajstić information content (AvgIpc) is 2.97. The van der Waals surface area contributed by atoms with Crippen molar-refractivity contribution in [2.24, 2.45) is 0 Å². The zero-order valence-corrected chi connectivity index (χ0v) is 12.0. The topological polar surface area (TPSA) is 29.0 Å². The summed E-state index contributed by atoms with van der Waals surface area (Å²) in [6.07, 6.45) is 7.43. The van der Waals surface area contributed by atoms with E-state index in [1.54, 1.807) is 0 Å². The third kappa shape index (κ3) is 5.16. The molecule has 3 nitrogen and oxygen atoms in total. The molecule has 0 N–H and O–H groups in total. The van der Waals surface area contributed by atoms with Crippen LogP contribution in [0.5, 0.6) is 0 Å². The van der Waals surface area contributed by atoms with Gasteiger partial charge in [0.2, 0.25) is 5.95 Å². The summed E-state index contributed by atoms with van der Waals surface area (Å²) in [5.41, 5.74) is 1.21.